The Morgan fingerprint density at radius 1 is 0.784 bits per heavy atom. The molecule has 1 aliphatic heterocycles. The maximum atomic E-state index is 13.2. The number of thioether (sulfide) groups is 1. The van der Waals surface area contributed by atoms with Crippen LogP contribution in [-0.4, -0.2) is 59.3 Å². The average molecular weight is 523 g/mol. The summed E-state index contributed by atoms with van der Waals surface area (Å²) in [6, 6.07) is 26.7. The number of aliphatic hydroxyl groups is 1. The van der Waals surface area contributed by atoms with Crippen molar-refractivity contribution in [3.63, 3.8) is 0 Å². The largest absolute Gasteiger partial charge is 0.452 e. The molecule has 1 N–H and O–H groups in total. The van der Waals surface area contributed by atoms with E-state index in [4.69, 9.17) is 18.9 Å². The molecule has 1 heterocycles. The summed E-state index contributed by atoms with van der Waals surface area (Å²) in [5.41, 5.74) is 1.05. The Bertz CT molecular complexity index is 1130. The van der Waals surface area contributed by atoms with E-state index in [1.807, 2.05) is 37.3 Å². The van der Waals surface area contributed by atoms with Crippen LogP contribution in [0.2, 0.25) is 0 Å². The summed E-state index contributed by atoms with van der Waals surface area (Å²) in [4.78, 5) is 26.2. The molecule has 1 aliphatic rings. The molecule has 1 saturated heterocycles. The third kappa shape index (κ3) is 6.99. The lowest BCUT2D eigenvalue weighted by atomic mass is 9.98. The number of ether oxygens (including phenoxy) is 4. The molecule has 5 atom stereocenters. The van der Waals surface area contributed by atoms with Gasteiger partial charge in [0.05, 0.1) is 24.3 Å². The van der Waals surface area contributed by atoms with Crippen LogP contribution in [0.3, 0.4) is 0 Å². The highest BCUT2D eigenvalue weighted by Crippen LogP contribution is 2.35. The minimum atomic E-state index is -1.10. The molecule has 194 valence electrons. The van der Waals surface area contributed by atoms with Crippen LogP contribution in [-0.2, 0) is 25.6 Å². The quantitative estimate of drug-likeness (QED) is 0.390. The number of rotatable bonds is 10. The molecule has 7 nitrogen and oxygen atoms in total. The second-order valence-electron chi connectivity index (χ2n) is 8.41. The molecule has 0 saturated carbocycles. The predicted molar refractivity (Wildman–Crippen MR) is 140 cm³/mol. The van der Waals surface area contributed by atoms with Crippen LogP contribution in [0.1, 0.15) is 33.2 Å². The van der Waals surface area contributed by atoms with Crippen molar-refractivity contribution in [2.45, 2.75) is 43.4 Å². The maximum absolute atomic E-state index is 13.2. The number of benzene rings is 3. The van der Waals surface area contributed by atoms with Gasteiger partial charge in [0.25, 0.3) is 0 Å². The van der Waals surface area contributed by atoms with E-state index in [-0.39, 0.29) is 6.61 Å². The van der Waals surface area contributed by atoms with E-state index in [9.17, 15) is 14.7 Å². The Hall–Kier alpha value is -3.17. The van der Waals surface area contributed by atoms with Gasteiger partial charge in [-0.1, -0.05) is 73.7 Å². The fourth-order valence-electron chi connectivity index (χ4n) is 4.07. The van der Waals surface area contributed by atoms with E-state index in [1.54, 1.807) is 60.7 Å². The summed E-state index contributed by atoms with van der Waals surface area (Å²) in [5, 5.41) is 10.2. The first-order valence-electron chi connectivity index (χ1n) is 12.2. The van der Waals surface area contributed by atoms with Crippen molar-refractivity contribution in [3.8, 4) is 0 Å². The fourth-order valence-corrected chi connectivity index (χ4v) is 5.05. The first-order valence-corrected chi connectivity index (χ1v) is 13.2. The Kier molecular flexibility index (Phi) is 9.73. The lowest BCUT2D eigenvalue weighted by Gasteiger charge is -2.44. The molecule has 1 fully saturated rings. The van der Waals surface area contributed by atoms with Crippen LogP contribution in [0.25, 0.3) is 0 Å². The van der Waals surface area contributed by atoms with E-state index in [1.165, 1.54) is 11.8 Å². The topological polar surface area (TPSA) is 91.3 Å². The molecule has 3 aromatic rings. The van der Waals surface area contributed by atoms with Crippen LogP contribution in [0.4, 0.5) is 0 Å². The van der Waals surface area contributed by atoms with Gasteiger partial charge in [-0.2, -0.15) is 0 Å². The van der Waals surface area contributed by atoms with E-state index in [2.05, 4.69) is 0 Å². The fraction of sp³-hybridized carbons (Fsp3) is 0.310. The number of aliphatic hydroxyl groups excluding tert-OH is 1. The first kappa shape index (κ1) is 26.9. The minimum Gasteiger partial charge on any atom is -0.452 e. The van der Waals surface area contributed by atoms with Crippen LogP contribution in [0, 0.1) is 0 Å². The van der Waals surface area contributed by atoms with E-state index >= 15 is 0 Å². The molecule has 3 aromatic carbocycles. The van der Waals surface area contributed by atoms with Gasteiger partial charge >= 0.3 is 11.9 Å². The summed E-state index contributed by atoms with van der Waals surface area (Å²) in [6.45, 7) is 1.78. The number of esters is 2. The molecule has 5 unspecified atom stereocenters. The highest BCUT2D eigenvalue weighted by atomic mass is 32.2. The van der Waals surface area contributed by atoms with Gasteiger partial charge in [0.2, 0.25) is 0 Å². The lowest BCUT2D eigenvalue weighted by molar-refractivity contribution is -0.221. The van der Waals surface area contributed by atoms with Crippen LogP contribution in [0.5, 0.6) is 0 Å². The number of hydrogen-bond donors (Lipinski definition) is 1. The average Bonchev–Trinajstić information content (AvgIpc) is 2.95. The Labute approximate surface area is 220 Å². The lowest BCUT2D eigenvalue weighted by Crippen LogP contribution is -2.61. The van der Waals surface area contributed by atoms with Crippen molar-refractivity contribution >= 4 is 23.7 Å². The SMILES string of the molecule is CCSC1OC(CO)C(OC(=O)c2ccccc2)C(OC(=O)c2ccccc2)C1OCc1ccccc1. The molecule has 8 heteroatoms. The van der Waals surface area contributed by atoms with E-state index < -0.39 is 48.4 Å². The zero-order chi connectivity index (χ0) is 26.0. The highest BCUT2D eigenvalue weighted by Gasteiger charge is 2.51. The van der Waals surface area contributed by atoms with Gasteiger partial charge in [0, 0.05) is 0 Å². The Morgan fingerprint density at radius 3 is 1.81 bits per heavy atom. The van der Waals surface area contributed by atoms with Gasteiger partial charge in [-0.3, -0.25) is 0 Å². The standard InChI is InChI=1S/C29H30O7S/c1-2-37-29-26(33-19-20-12-6-3-7-13-20)25(36-28(32)22-16-10-5-11-17-22)24(23(18-30)34-29)35-27(31)21-14-8-4-9-15-21/h3-17,23-26,29-30H,2,18-19H2,1H3. The highest BCUT2D eigenvalue weighted by molar-refractivity contribution is 7.99. The maximum Gasteiger partial charge on any atom is 0.338 e. The molecule has 0 aromatic heterocycles. The third-order valence-electron chi connectivity index (χ3n) is 5.89. The predicted octanol–water partition coefficient (Wildman–Crippen LogP) is 4.49. The molecular formula is C29H30O7S. The van der Waals surface area contributed by atoms with E-state index in [0.717, 1.165) is 5.56 Å². The first-order chi connectivity index (χ1) is 18.1. The smallest absolute Gasteiger partial charge is 0.338 e. The monoisotopic (exact) mass is 522 g/mol. The van der Waals surface area contributed by atoms with Crippen LogP contribution < -0.4 is 0 Å². The molecule has 0 bridgehead atoms. The van der Waals surface area contributed by atoms with Gasteiger partial charge < -0.3 is 24.1 Å². The van der Waals surface area contributed by atoms with Gasteiger partial charge in [0.1, 0.15) is 17.6 Å². The minimum absolute atomic E-state index is 0.234. The summed E-state index contributed by atoms with van der Waals surface area (Å²) in [6.07, 6.45) is -3.81. The summed E-state index contributed by atoms with van der Waals surface area (Å²) >= 11 is 1.47. The van der Waals surface area contributed by atoms with Crippen molar-refractivity contribution in [2.75, 3.05) is 12.4 Å². The molecule has 0 amide bonds. The van der Waals surface area contributed by atoms with Crippen molar-refractivity contribution in [2.24, 2.45) is 0 Å². The van der Waals surface area contributed by atoms with Crippen molar-refractivity contribution in [3.05, 3.63) is 108 Å². The normalized spacial score (nSPS) is 23.2. The zero-order valence-corrected chi connectivity index (χ0v) is 21.3. The molecule has 4 rings (SSSR count). The summed E-state index contributed by atoms with van der Waals surface area (Å²) in [7, 11) is 0. The summed E-state index contributed by atoms with van der Waals surface area (Å²) in [5.74, 6) is -0.503. The molecule has 37 heavy (non-hydrogen) atoms. The Balaban J connectivity index is 1.66. The van der Waals surface area contributed by atoms with Gasteiger partial charge in [-0.25, -0.2) is 9.59 Å². The van der Waals surface area contributed by atoms with Crippen molar-refractivity contribution < 1.29 is 33.6 Å². The van der Waals surface area contributed by atoms with Gasteiger partial charge in [-0.05, 0) is 35.6 Å². The number of carbonyl (C=O) groups excluding carboxylic acids is 2. The van der Waals surface area contributed by atoms with Crippen LogP contribution >= 0.6 is 11.8 Å². The molecular weight excluding hydrogens is 492 g/mol. The molecule has 0 aliphatic carbocycles. The van der Waals surface area contributed by atoms with Crippen LogP contribution in [0.15, 0.2) is 91.0 Å². The van der Waals surface area contributed by atoms with E-state index in [0.29, 0.717) is 16.9 Å². The summed E-state index contributed by atoms with van der Waals surface area (Å²) < 4.78 is 24.3. The van der Waals surface area contributed by atoms with Gasteiger partial charge in [0.15, 0.2) is 12.2 Å². The van der Waals surface area contributed by atoms with Crippen molar-refractivity contribution in [1.82, 2.24) is 0 Å². The Morgan fingerprint density at radius 2 is 1.30 bits per heavy atom. The zero-order valence-electron chi connectivity index (χ0n) is 20.5. The number of carbonyl (C=O) groups is 2. The number of hydrogen-bond acceptors (Lipinski definition) is 8. The van der Waals surface area contributed by atoms with Crippen molar-refractivity contribution in [1.29, 1.82) is 0 Å². The molecule has 0 radical (unpaired) electrons. The third-order valence-corrected chi connectivity index (χ3v) is 6.93. The van der Waals surface area contributed by atoms with Gasteiger partial charge in [-0.15, -0.1) is 11.8 Å². The second-order valence-corrected chi connectivity index (χ2v) is 9.79. The molecule has 0 spiro atoms. The second kappa shape index (κ2) is 13.4.